The first-order valence-electron chi connectivity index (χ1n) is 9.04. The van der Waals surface area contributed by atoms with Crippen LogP contribution in [0.15, 0.2) is 47.4 Å². The van der Waals surface area contributed by atoms with E-state index in [9.17, 15) is 22.4 Å². The standard InChI is InChI=1S/C20H22ClFN2O5S/c1-4-24(12-13(2)20(26)29-3)19(25)14-5-10-17(21)18(11-14)23-30(27,28)16-8-6-15(22)7-9-16/h5-11,13,23H,4,12H2,1-3H3. The first kappa shape index (κ1) is 23.6. The second-order valence-corrected chi connectivity index (χ2v) is 8.61. The second kappa shape index (κ2) is 9.90. The van der Waals surface area contributed by atoms with Crippen LogP contribution in [0.4, 0.5) is 10.1 Å². The summed E-state index contributed by atoms with van der Waals surface area (Å²) in [6, 6.07) is 8.47. The molecule has 0 fully saturated rings. The van der Waals surface area contributed by atoms with E-state index in [0.717, 1.165) is 24.3 Å². The summed E-state index contributed by atoms with van der Waals surface area (Å²) in [5.41, 5.74) is 0.194. The van der Waals surface area contributed by atoms with Crippen LogP contribution in [0.25, 0.3) is 0 Å². The van der Waals surface area contributed by atoms with Gasteiger partial charge in [0, 0.05) is 18.7 Å². The zero-order valence-corrected chi connectivity index (χ0v) is 18.3. The number of ether oxygens (including phenoxy) is 1. The van der Waals surface area contributed by atoms with Gasteiger partial charge in [-0.25, -0.2) is 12.8 Å². The average Bonchev–Trinajstić information content (AvgIpc) is 2.72. The summed E-state index contributed by atoms with van der Waals surface area (Å²) in [5, 5.41) is 0.0863. The van der Waals surface area contributed by atoms with E-state index in [-0.39, 0.29) is 27.7 Å². The van der Waals surface area contributed by atoms with E-state index in [2.05, 4.69) is 9.46 Å². The Labute approximate surface area is 179 Å². The zero-order valence-electron chi connectivity index (χ0n) is 16.7. The highest BCUT2D eigenvalue weighted by molar-refractivity contribution is 7.92. The molecule has 1 unspecified atom stereocenters. The van der Waals surface area contributed by atoms with Gasteiger partial charge in [0.2, 0.25) is 0 Å². The molecule has 1 amide bonds. The van der Waals surface area contributed by atoms with Crippen molar-refractivity contribution in [3.05, 3.63) is 58.9 Å². The SMILES string of the molecule is CCN(CC(C)C(=O)OC)C(=O)c1ccc(Cl)c(NS(=O)(=O)c2ccc(F)cc2)c1. The van der Waals surface area contributed by atoms with Gasteiger partial charge in [-0.2, -0.15) is 0 Å². The summed E-state index contributed by atoms with van der Waals surface area (Å²) in [6.45, 7) is 3.88. The Morgan fingerprint density at radius 3 is 2.40 bits per heavy atom. The van der Waals surface area contributed by atoms with Gasteiger partial charge in [0.1, 0.15) is 5.82 Å². The van der Waals surface area contributed by atoms with Crippen LogP contribution in [0, 0.1) is 11.7 Å². The molecule has 0 saturated carbocycles. The molecule has 1 N–H and O–H groups in total. The summed E-state index contributed by atoms with van der Waals surface area (Å²) in [6.07, 6.45) is 0. The van der Waals surface area contributed by atoms with Crippen molar-refractivity contribution in [2.75, 3.05) is 24.9 Å². The molecule has 30 heavy (non-hydrogen) atoms. The van der Waals surface area contributed by atoms with Crippen LogP contribution in [0.3, 0.4) is 0 Å². The molecular formula is C20H22ClFN2O5S. The predicted octanol–water partition coefficient (Wildman–Crippen LogP) is 3.55. The molecule has 0 heterocycles. The lowest BCUT2D eigenvalue weighted by Gasteiger charge is -2.24. The summed E-state index contributed by atoms with van der Waals surface area (Å²) >= 11 is 6.10. The molecule has 2 aromatic carbocycles. The fourth-order valence-electron chi connectivity index (χ4n) is 2.70. The summed E-state index contributed by atoms with van der Waals surface area (Å²) in [7, 11) is -2.77. The van der Waals surface area contributed by atoms with Crippen LogP contribution in [-0.2, 0) is 19.6 Å². The number of amides is 1. The molecule has 0 saturated heterocycles. The maximum absolute atomic E-state index is 13.1. The number of carbonyl (C=O) groups excluding carboxylic acids is 2. The van der Waals surface area contributed by atoms with Crippen molar-refractivity contribution in [1.82, 2.24) is 4.90 Å². The van der Waals surface area contributed by atoms with Gasteiger partial charge in [-0.3, -0.25) is 14.3 Å². The molecule has 0 aliphatic carbocycles. The van der Waals surface area contributed by atoms with Gasteiger partial charge < -0.3 is 9.64 Å². The van der Waals surface area contributed by atoms with Crippen molar-refractivity contribution >= 4 is 39.2 Å². The largest absolute Gasteiger partial charge is 0.469 e. The lowest BCUT2D eigenvalue weighted by molar-refractivity contribution is -0.145. The molecule has 0 aromatic heterocycles. The molecule has 0 radical (unpaired) electrons. The maximum atomic E-state index is 13.1. The number of hydrogen-bond donors (Lipinski definition) is 1. The third kappa shape index (κ3) is 5.70. The number of methoxy groups -OCH3 is 1. The molecule has 2 aromatic rings. The van der Waals surface area contributed by atoms with Gasteiger partial charge in [-0.1, -0.05) is 18.5 Å². The molecule has 2 rings (SSSR count). The Morgan fingerprint density at radius 1 is 1.20 bits per heavy atom. The lowest BCUT2D eigenvalue weighted by atomic mass is 10.1. The van der Waals surface area contributed by atoms with Crippen molar-refractivity contribution in [2.24, 2.45) is 5.92 Å². The monoisotopic (exact) mass is 456 g/mol. The van der Waals surface area contributed by atoms with E-state index in [0.29, 0.717) is 6.54 Å². The molecule has 0 aliphatic heterocycles. The van der Waals surface area contributed by atoms with Gasteiger partial charge in [-0.15, -0.1) is 0 Å². The molecule has 162 valence electrons. The molecule has 0 bridgehead atoms. The third-order valence-electron chi connectivity index (χ3n) is 4.35. The van der Waals surface area contributed by atoms with Gasteiger partial charge in [0.05, 0.1) is 28.6 Å². The Bertz CT molecular complexity index is 1030. The number of anilines is 1. The summed E-state index contributed by atoms with van der Waals surface area (Å²) < 4.78 is 45.2. The average molecular weight is 457 g/mol. The topological polar surface area (TPSA) is 92.8 Å². The molecule has 0 aliphatic rings. The number of hydrogen-bond acceptors (Lipinski definition) is 5. The van der Waals surface area contributed by atoms with E-state index in [1.807, 2.05) is 0 Å². The van der Waals surface area contributed by atoms with Crippen molar-refractivity contribution in [2.45, 2.75) is 18.7 Å². The minimum Gasteiger partial charge on any atom is -0.469 e. The zero-order chi connectivity index (χ0) is 22.5. The van der Waals surface area contributed by atoms with E-state index in [4.69, 9.17) is 11.6 Å². The van der Waals surface area contributed by atoms with Crippen LogP contribution >= 0.6 is 11.6 Å². The number of carbonyl (C=O) groups is 2. The van der Waals surface area contributed by atoms with Crippen molar-refractivity contribution in [3.63, 3.8) is 0 Å². The predicted molar refractivity (Wildman–Crippen MR) is 111 cm³/mol. The minimum absolute atomic E-state index is 0.00362. The van der Waals surface area contributed by atoms with Crippen molar-refractivity contribution in [3.8, 4) is 0 Å². The normalized spacial score (nSPS) is 12.2. The number of nitrogens with zero attached hydrogens (tertiary/aromatic N) is 1. The smallest absolute Gasteiger partial charge is 0.310 e. The third-order valence-corrected chi connectivity index (χ3v) is 6.06. The van der Waals surface area contributed by atoms with Crippen LogP contribution in [0.2, 0.25) is 5.02 Å². The van der Waals surface area contributed by atoms with Gasteiger partial charge in [0.15, 0.2) is 0 Å². The quantitative estimate of drug-likeness (QED) is 0.613. The Morgan fingerprint density at radius 2 is 1.83 bits per heavy atom. The summed E-state index contributed by atoms with van der Waals surface area (Å²) in [4.78, 5) is 25.8. The van der Waals surface area contributed by atoms with Crippen molar-refractivity contribution < 1.29 is 27.1 Å². The van der Waals surface area contributed by atoms with E-state index in [1.165, 1.54) is 30.2 Å². The Kier molecular flexibility index (Phi) is 7.80. The number of benzene rings is 2. The highest BCUT2D eigenvalue weighted by Crippen LogP contribution is 2.27. The molecular weight excluding hydrogens is 435 g/mol. The maximum Gasteiger partial charge on any atom is 0.310 e. The number of esters is 1. The van der Waals surface area contributed by atoms with Crippen molar-refractivity contribution in [1.29, 1.82) is 0 Å². The lowest BCUT2D eigenvalue weighted by Crippen LogP contribution is -2.37. The minimum atomic E-state index is -4.04. The molecule has 0 spiro atoms. The van der Waals surface area contributed by atoms with Crippen LogP contribution < -0.4 is 4.72 Å². The fraction of sp³-hybridized carbons (Fsp3) is 0.300. The molecule has 7 nitrogen and oxygen atoms in total. The van der Waals surface area contributed by atoms with Gasteiger partial charge >= 0.3 is 5.97 Å². The van der Waals surface area contributed by atoms with E-state index in [1.54, 1.807) is 13.8 Å². The fourth-order valence-corrected chi connectivity index (χ4v) is 3.99. The first-order chi connectivity index (χ1) is 14.1. The van der Waals surface area contributed by atoms with Gasteiger partial charge in [0.25, 0.3) is 15.9 Å². The highest BCUT2D eigenvalue weighted by atomic mass is 35.5. The van der Waals surface area contributed by atoms with Crippen LogP contribution in [0.1, 0.15) is 24.2 Å². The molecule has 10 heteroatoms. The van der Waals surface area contributed by atoms with Crippen LogP contribution in [-0.4, -0.2) is 45.4 Å². The number of nitrogens with one attached hydrogen (secondary N) is 1. The number of halogens is 2. The van der Waals surface area contributed by atoms with E-state index < -0.39 is 33.6 Å². The Balaban J connectivity index is 2.28. The first-order valence-corrected chi connectivity index (χ1v) is 10.9. The summed E-state index contributed by atoms with van der Waals surface area (Å²) in [5.74, 6) is -1.93. The second-order valence-electron chi connectivity index (χ2n) is 6.52. The highest BCUT2D eigenvalue weighted by Gasteiger charge is 2.23. The molecule has 1 atom stereocenters. The van der Waals surface area contributed by atoms with Crippen LogP contribution in [0.5, 0.6) is 0 Å². The number of rotatable bonds is 8. The van der Waals surface area contributed by atoms with Gasteiger partial charge in [-0.05, 0) is 49.4 Å². The number of sulfonamides is 1. The Hall–Kier alpha value is -2.65. The van der Waals surface area contributed by atoms with E-state index >= 15 is 0 Å².